The summed E-state index contributed by atoms with van der Waals surface area (Å²) >= 11 is 0. The molecule has 2 rings (SSSR count). The minimum atomic E-state index is 0.326. The van der Waals surface area contributed by atoms with E-state index in [1.54, 1.807) is 0 Å². The molecule has 0 saturated heterocycles. The summed E-state index contributed by atoms with van der Waals surface area (Å²) < 4.78 is 5.97. The number of furan rings is 1. The molecule has 1 aromatic heterocycles. The maximum atomic E-state index is 5.97. The molecule has 0 amide bonds. The molecule has 0 aliphatic rings. The van der Waals surface area contributed by atoms with Crippen LogP contribution in [0.2, 0.25) is 0 Å². The fourth-order valence-corrected chi connectivity index (χ4v) is 2.40. The van der Waals surface area contributed by atoms with Gasteiger partial charge in [0, 0.05) is 5.39 Å². The normalized spacial score (nSPS) is 13.2. The van der Waals surface area contributed by atoms with Crippen molar-refractivity contribution < 1.29 is 4.42 Å². The number of rotatable bonds is 4. The van der Waals surface area contributed by atoms with Gasteiger partial charge >= 0.3 is 0 Å². The van der Waals surface area contributed by atoms with Gasteiger partial charge in [-0.15, -0.1) is 0 Å². The van der Waals surface area contributed by atoms with Crippen LogP contribution in [0.1, 0.15) is 42.7 Å². The van der Waals surface area contributed by atoms with Crippen LogP contribution in [-0.4, -0.2) is 7.05 Å². The second kappa shape index (κ2) is 4.92. The molecule has 0 spiro atoms. The van der Waals surface area contributed by atoms with Gasteiger partial charge in [0.1, 0.15) is 11.3 Å². The average Bonchev–Trinajstić information content (AvgIpc) is 2.69. The van der Waals surface area contributed by atoms with Gasteiger partial charge in [0.05, 0.1) is 6.04 Å². The highest BCUT2D eigenvalue weighted by molar-refractivity contribution is 5.82. The lowest BCUT2D eigenvalue weighted by Gasteiger charge is -2.11. The molecule has 17 heavy (non-hydrogen) atoms. The molecule has 0 aliphatic heterocycles. The van der Waals surface area contributed by atoms with E-state index in [-0.39, 0.29) is 0 Å². The molecule has 1 N–H and O–H groups in total. The quantitative estimate of drug-likeness (QED) is 0.856. The highest BCUT2D eigenvalue weighted by atomic mass is 16.3. The molecule has 92 valence electrons. The van der Waals surface area contributed by atoms with Crippen LogP contribution < -0.4 is 5.32 Å². The first-order valence-corrected chi connectivity index (χ1v) is 6.33. The molecule has 0 saturated carbocycles. The van der Waals surface area contributed by atoms with Gasteiger partial charge in [-0.25, -0.2) is 0 Å². The molecule has 2 aromatic rings. The third-order valence-corrected chi connectivity index (χ3v) is 3.28. The molecule has 1 aromatic carbocycles. The smallest absolute Gasteiger partial charge is 0.134 e. The monoisotopic (exact) mass is 231 g/mol. The fourth-order valence-electron chi connectivity index (χ4n) is 2.40. The van der Waals surface area contributed by atoms with E-state index in [9.17, 15) is 0 Å². The van der Waals surface area contributed by atoms with E-state index in [1.165, 1.54) is 16.5 Å². The Kier molecular flexibility index (Phi) is 3.53. The van der Waals surface area contributed by atoms with E-state index in [0.29, 0.717) is 6.04 Å². The van der Waals surface area contributed by atoms with E-state index < -0.39 is 0 Å². The van der Waals surface area contributed by atoms with E-state index in [1.807, 2.05) is 7.05 Å². The van der Waals surface area contributed by atoms with Crippen LogP contribution in [0.5, 0.6) is 0 Å². The van der Waals surface area contributed by atoms with Crippen molar-refractivity contribution in [2.45, 2.75) is 39.7 Å². The van der Waals surface area contributed by atoms with E-state index in [2.05, 4.69) is 44.3 Å². The summed E-state index contributed by atoms with van der Waals surface area (Å²) in [6.45, 7) is 6.45. The first-order chi connectivity index (χ1) is 8.15. The lowest BCUT2D eigenvalue weighted by Crippen LogP contribution is -2.15. The molecule has 0 aliphatic carbocycles. The minimum absolute atomic E-state index is 0.326. The predicted molar refractivity (Wildman–Crippen MR) is 72.4 cm³/mol. The standard InChI is InChI=1S/C15H21NO/c1-5-6-13(16-4)15-9-12-11(3)7-10(2)8-14(12)17-15/h7-9,13,16H,5-6H2,1-4H3. The van der Waals surface area contributed by atoms with Gasteiger partial charge in [0.25, 0.3) is 0 Å². The Morgan fingerprint density at radius 2 is 2.00 bits per heavy atom. The van der Waals surface area contributed by atoms with Gasteiger partial charge < -0.3 is 9.73 Å². The number of nitrogens with one attached hydrogen (secondary N) is 1. The van der Waals surface area contributed by atoms with Gasteiger partial charge in [-0.2, -0.15) is 0 Å². The van der Waals surface area contributed by atoms with Crippen LogP contribution in [0.25, 0.3) is 11.0 Å². The number of benzene rings is 1. The van der Waals surface area contributed by atoms with Gasteiger partial charge in [0.15, 0.2) is 0 Å². The molecule has 2 nitrogen and oxygen atoms in total. The average molecular weight is 231 g/mol. The Hall–Kier alpha value is -1.28. The van der Waals surface area contributed by atoms with Gasteiger partial charge in [-0.3, -0.25) is 0 Å². The van der Waals surface area contributed by atoms with Crippen molar-refractivity contribution in [2.75, 3.05) is 7.05 Å². The maximum Gasteiger partial charge on any atom is 0.134 e. The van der Waals surface area contributed by atoms with Crippen molar-refractivity contribution in [2.24, 2.45) is 0 Å². The van der Waals surface area contributed by atoms with E-state index in [4.69, 9.17) is 4.42 Å². The van der Waals surface area contributed by atoms with Crippen LogP contribution in [0.4, 0.5) is 0 Å². The Morgan fingerprint density at radius 3 is 2.65 bits per heavy atom. The molecule has 0 bridgehead atoms. The van der Waals surface area contributed by atoms with Crippen LogP contribution >= 0.6 is 0 Å². The molecule has 1 atom stereocenters. The predicted octanol–water partition coefficient (Wildman–Crippen LogP) is 4.11. The summed E-state index contributed by atoms with van der Waals surface area (Å²) in [5.74, 6) is 1.05. The molecule has 0 fully saturated rings. The van der Waals surface area contributed by atoms with Crippen LogP contribution in [0.15, 0.2) is 22.6 Å². The first kappa shape index (κ1) is 12.2. The summed E-state index contributed by atoms with van der Waals surface area (Å²) in [5, 5.41) is 4.56. The van der Waals surface area contributed by atoms with Crippen molar-refractivity contribution in [3.05, 3.63) is 35.1 Å². The Labute approximate surface area is 103 Å². The molecule has 1 unspecified atom stereocenters. The SMILES string of the molecule is CCCC(NC)c1cc2c(C)cc(C)cc2o1. The number of hydrogen-bond acceptors (Lipinski definition) is 2. The zero-order valence-electron chi connectivity index (χ0n) is 11.1. The zero-order valence-corrected chi connectivity index (χ0v) is 11.1. The lowest BCUT2D eigenvalue weighted by molar-refractivity contribution is 0.430. The molecular weight excluding hydrogens is 210 g/mol. The van der Waals surface area contributed by atoms with E-state index in [0.717, 1.165) is 24.2 Å². The summed E-state index contributed by atoms with van der Waals surface area (Å²) in [6.07, 6.45) is 2.26. The van der Waals surface area contributed by atoms with Crippen molar-refractivity contribution in [1.82, 2.24) is 5.32 Å². The number of fused-ring (bicyclic) bond motifs is 1. The van der Waals surface area contributed by atoms with E-state index >= 15 is 0 Å². The lowest BCUT2D eigenvalue weighted by atomic mass is 10.1. The Bertz CT molecular complexity index is 513. The summed E-state index contributed by atoms with van der Waals surface area (Å²) in [6, 6.07) is 6.83. The van der Waals surface area contributed by atoms with Gasteiger partial charge in [-0.1, -0.05) is 19.4 Å². The Balaban J connectivity index is 2.46. The highest BCUT2D eigenvalue weighted by Gasteiger charge is 2.14. The van der Waals surface area contributed by atoms with Gasteiger partial charge in [-0.05, 0) is 50.6 Å². The van der Waals surface area contributed by atoms with Crippen molar-refractivity contribution in [3.63, 3.8) is 0 Å². The van der Waals surface area contributed by atoms with Crippen molar-refractivity contribution in [3.8, 4) is 0 Å². The summed E-state index contributed by atoms with van der Waals surface area (Å²) in [4.78, 5) is 0. The van der Waals surface area contributed by atoms with Gasteiger partial charge in [0.2, 0.25) is 0 Å². The second-order valence-corrected chi connectivity index (χ2v) is 4.77. The highest BCUT2D eigenvalue weighted by Crippen LogP contribution is 2.29. The van der Waals surface area contributed by atoms with Crippen LogP contribution in [0.3, 0.4) is 0 Å². The topological polar surface area (TPSA) is 25.2 Å². The summed E-state index contributed by atoms with van der Waals surface area (Å²) in [5.41, 5.74) is 3.56. The largest absolute Gasteiger partial charge is 0.459 e. The molecule has 2 heteroatoms. The first-order valence-electron chi connectivity index (χ1n) is 6.33. The Morgan fingerprint density at radius 1 is 1.24 bits per heavy atom. The van der Waals surface area contributed by atoms with Crippen LogP contribution in [0, 0.1) is 13.8 Å². The van der Waals surface area contributed by atoms with Crippen molar-refractivity contribution >= 4 is 11.0 Å². The minimum Gasteiger partial charge on any atom is -0.459 e. The second-order valence-electron chi connectivity index (χ2n) is 4.77. The van der Waals surface area contributed by atoms with Crippen LogP contribution in [-0.2, 0) is 0 Å². The van der Waals surface area contributed by atoms with Crippen molar-refractivity contribution in [1.29, 1.82) is 0 Å². The fraction of sp³-hybridized carbons (Fsp3) is 0.467. The molecule has 0 radical (unpaired) electrons. The number of hydrogen-bond donors (Lipinski definition) is 1. The zero-order chi connectivity index (χ0) is 12.4. The maximum absolute atomic E-state index is 5.97. The third-order valence-electron chi connectivity index (χ3n) is 3.28. The molecular formula is C15H21NO. The summed E-state index contributed by atoms with van der Waals surface area (Å²) in [7, 11) is 1.99. The third kappa shape index (κ3) is 2.37. The number of aryl methyl sites for hydroxylation is 2. The molecule has 1 heterocycles.